The average molecular weight is 348 g/mol. The van der Waals surface area contributed by atoms with Gasteiger partial charge in [-0.05, 0) is 25.8 Å². The van der Waals surface area contributed by atoms with E-state index in [2.05, 4.69) is 51.9 Å². The molecule has 1 atom stereocenters. The lowest BCUT2D eigenvalue weighted by Gasteiger charge is -2.39. The highest BCUT2D eigenvalue weighted by Gasteiger charge is 2.25. The summed E-state index contributed by atoms with van der Waals surface area (Å²) in [5.74, 6) is 0.770. The maximum Gasteiger partial charge on any atom is 0.220 e. The average Bonchev–Trinajstić information content (AvgIpc) is 2.41. The molecule has 1 aliphatic heterocycles. The van der Waals surface area contributed by atoms with Crippen molar-refractivity contribution >= 4 is 21.8 Å². The highest BCUT2D eigenvalue weighted by Crippen LogP contribution is 2.13. The summed E-state index contributed by atoms with van der Waals surface area (Å²) < 4.78 is 0. The Kier molecular flexibility index (Phi) is 8.73. The van der Waals surface area contributed by atoms with Gasteiger partial charge >= 0.3 is 0 Å². The van der Waals surface area contributed by atoms with Crippen molar-refractivity contribution < 1.29 is 4.79 Å². The summed E-state index contributed by atoms with van der Waals surface area (Å²) in [6.07, 6.45) is 2.69. The number of carbonyl (C=O) groups excluding carboxylic acids is 1. The fourth-order valence-corrected chi connectivity index (χ4v) is 3.02. The third-order valence-corrected chi connectivity index (χ3v) is 4.63. The van der Waals surface area contributed by atoms with E-state index < -0.39 is 0 Å². The van der Waals surface area contributed by atoms with Gasteiger partial charge in [0.2, 0.25) is 5.91 Å². The lowest BCUT2D eigenvalue weighted by Crippen LogP contribution is -2.54. The standard InChI is InChI=1S/C15H30BrN3O/c1-13(2)14(19-10-8-18(3)9-11-19)12-17-15(20)6-4-5-7-16/h13-14H,4-12H2,1-3H3,(H,17,20). The molecule has 1 N–H and O–H groups in total. The molecule has 118 valence electrons. The van der Waals surface area contributed by atoms with Crippen molar-refractivity contribution in [2.24, 2.45) is 5.92 Å². The van der Waals surface area contributed by atoms with Gasteiger partial charge < -0.3 is 10.2 Å². The second-order valence-electron chi connectivity index (χ2n) is 6.10. The maximum absolute atomic E-state index is 11.8. The van der Waals surface area contributed by atoms with Gasteiger partial charge in [-0.1, -0.05) is 29.8 Å². The van der Waals surface area contributed by atoms with Gasteiger partial charge in [0.05, 0.1) is 0 Å². The molecule has 0 aromatic heterocycles. The normalized spacial score (nSPS) is 19.2. The van der Waals surface area contributed by atoms with Crippen LogP contribution in [0.4, 0.5) is 0 Å². The number of amides is 1. The van der Waals surface area contributed by atoms with Gasteiger partial charge in [-0.25, -0.2) is 0 Å². The van der Waals surface area contributed by atoms with Gasteiger partial charge in [-0.2, -0.15) is 0 Å². The Labute approximate surface area is 132 Å². The number of hydrogen-bond acceptors (Lipinski definition) is 3. The van der Waals surface area contributed by atoms with Crippen molar-refractivity contribution in [1.29, 1.82) is 0 Å². The first-order chi connectivity index (χ1) is 9.54. The molecular formula is C15H30BrN3O. The van der Waals surface area contributed by atoms with Gasteiger partial charge in [-0.15, -0.1) is 0 Å². The number of halogens is 1. The Morgan fingerprint density at radius 1 is 1.20 bits per heavy atom. The van der Waals surface area contributed by atoms with Crippen molar-refractivity contribution in [3.05, 3.63) is 0 Å². The van der Waals surface area contributed by atoms with Crippen molar-refractivity contribution in [3.8, 4) is 0 Å². The molecule has 1 aliphatic rings. The lowest BCUT2D eigenvalue weighted by atomic mass is 10.0. The molecule has 1 rings (SSSR count). The van der Waals surface area contributed by atoms with Crippen LogP contribution < -0.4 is 5.32 Å². The molecule has 4 nitrogen and oxygen atoms in total. The van der Waals surface area contributed by atoms with Crippen molar-refractivity contribution in [3.63, 3.8) is 0 Å². The molecule has 0 bridgehead atoms. The van der Waals surface area contributed by atoms with E-state index in [0.717, 1.165) is 50.9 Å². The molecule has 1 fully saturated rings. The number of hydrogen-bond donors (Lipinski definition) is 1. The first-order valence-electron chi connectivity index (χ1n) is 7.80. The molecule has 0 aliphatic carbocycles. The number of nitrogens with zero attached hydrogens (tertiary/aromatic N) is 2. The van der Waals surface area contributed by atoms with E-state index in [4.69, 9.17) is 0 Å². The number of piperazine rings is 1. The second-order valence-corrected chi connectivity index (χ2v) is 6.89. The minimum Gasteiger partial charge on any atom is -0.355 e. The van der Waals surface area contributed by atoms with E-state index in [1.165, 1.54) is 0 Å². The molecule has 0 aromatic carbocycles. The molecule has 20 heavy (non-hydrogen) atoms. The predicted molar refractivity (Wildman–Crippen MR) is 88.4 cm³/mol. The largest absolute Gasteiger partial charge is 0.355 e. The van der Waals surface area contributed by atoms with Gasteiger partial charge in [0.25, 0.3) is 0 Å². The van der Waals surface area contributed by atoms with Crippen molar-refractivity contribution in [2.45, 2.75) is 39.2 Å². The lowest BCUT2D eigenvalue weighted by molar-refractivity contribution is -0.121. The fraction of sp³-hybridized carbons (Fsp3) is 0.933. The molecule has 1 unspecified atom stereocenters. The van der Waals surface area contributed by atoms with Crippen LogP contribution in [-0.4, -0.2) is 66.9 Å². The predicted octanol–water partition coefficient (Wildman–Crippen LogP) is 1.94. The zero-order valence-electron chi connectivity index (χ0n) is 13.2. The molecule has 5 heteroatoms. The summed E-state index contributed by atoms with van der Waals surface area (Å²) in [6, 6.07) is 0.462. The summed E-state index contributed by atoms with van der Waals surface area (Å²) in [5.41, 5.74) is 0. The SMILES string of the molecule is CC(C)C(CNC(=O)CCCCBr)N1CCN(C)CC1. The molecule has 0 radical (unpaired) electrons. The van der Waals surface area contributed by atoms with Crippen molar-refractivity contribution in [1.82, 2.24) is 15.1 Å². The zero-order valence-corrected chi connectivity index (χ0v) is 14.8. The van der Waals surface area contributed by atoms with Gasteiger partial charge in [0, 0.05) is 50.5 Å². The first-order valence-corrected chi connectivity index (χ1v) is 8.92. The highest BCUT2D eigenvalue weighted by atomic mass is 79.9. The van der Waals surface area contributed by atoms with Crippen LogP contribution in [0.1, 0.15) is 33.1 Å². The van der Waals surface area contributed by atoms with Gasteiger partial charge in [0.15, 0.2) is 0 Å². The fourth-order valence-electron chi connectivity index (χ4n) is 2.63. The monoisotopic (exact) mass is 347 g/mol. The van der Waals surface area contributed by atoms with Crippen LogP contribution in [0.3, 0.4) is 0 Å². The molecule has 0 spiro atoms. The number of nitrogens with one attached hydrogen (secondary N) is 1. The van der Waals surface area contributed by atoms with E-state index in [1.54, 1.807) is 0 Å². The summed E-state index contributed by atoms with van der Waals surface area (Å²) in [5, 5.41) is 4.10. The Bertz CT molecular complexity index is 278. The van der Waals surface area contributed by atoms with Crippen LogP contribution in [0, 0.1) is 5.92 Å². The number of rotatable bonds is 8. The molecule has 1 saturated heterocycles. The minimum atomic E-state index is 0.200. The first kappa shape index (κ1) is 17.9. The van der Waals surface area contributed by atoms with E-state index in [-0.39, 0.29) is 5.91 Å². The highest BCUT2D eigenvalue weighted by molar-refractivity contribution is 9.09. The Morgan fingerprint density at radius 2 is 1.85 bits per heavy atom. The van der Waals surface area contributed by atoms with Crippen LogP contribution in [-0.2, 0) is 4.79 Å². The number of alkyl halides is 1. The maximum atomic E-state index is 11.8. The summed E-state index contributed by atoms with van der Waals surface area (Å²) >= 11 is 3.40. The van der Waals surface area contributed by atoms with Crippen molar-refractivity contribution in [2.75, 3.05) is 45.1 Å². The van der Waals surface area contributed by atoms with Gasteiger partial charge in [0.1, 0.15) is 0 Å². The topological polar surface area (TPSA) is 35.6 Å². The number of carbonyl (C=O) groups is 1. The Balaban J connectivity index is 2.33. The van der Waals surface area contributed by atoms with Crippen LogP contribution in [0.2, 0.25) is 0 Å². The summed E-state index contributed by atoms with van der Waals surface area (Å²) in [6.45, 7) is 9.76. The zero-order chi connectivity index (χ0) is 15.0. The number of likely N-dealkylation sites (N-methyl/N-ethyl adjacent to an activating group) is 1. The second kappa shape index (κ2) is 9.74. The molecule has 1 heterocycles. The Morgan fingerprint density at radius 3 is 2.40 bits per heavy atom. The summed E-state index contributed by atoms with van der Waals surface area (Å²) in [4.78, 5) is 16.7. The van der Waals surface area contributed by atoms with E-state index in [9.17, 15) is 4.79 Å². The third kappa shape index (κ3) is 6.55. The molecular weight excluding hydrogens is 318 g/mol. The van der Waals surface area contributed by atoms with E-state index in [1.807, 2.05) is 0 Å². The van der Waals surface area contributed by atoms with Crippen LogP contribution >= 0.6 is 15.9 Å². The minimum absolute atomic E-state index is 0.200. The quantitative estimate of drug-likeness (QED) is 0.538. The van der Waals surface area contributed by atoms with Gasteiger partial charge in [-0.3, -0.25) is 9.69 Å². The molecule has 0 saturated carbocycles. The molecule has 0 aromatic rings. The van der Waals surface area contributed by atoms with E-state index >= 15 is 0 Å². The third-order valence-electron chi connectivity index (χ3n) is 4.07. The van der Waals surface area contributed by atoms with Crippen LogP contribution in [0.25, 0.3) is 0 Å². The van der Waals surface area contributed by atoms with E-state index in [0.29, 0.717) is 18.4 Å². The van der Waals surface area contributed by atoms with Crippen LogP contribution in [0.15, 0.2) is 0 Å². The van der Waals surface area contributed by atoms with Crippen LogP contribution in [0.5, 0.6) is 0 Å². The number of unbranched alkanes of at least 4 members (excludes halogenated alkanes) is 1. The Hall–Kier alpha value is -0.130. The summed E-state index contributed by atoms with van der Waals surface area (Å²) in [7, 11) is 2.17. The smallest absolute Gasteiger partial charge is 0.220 e. The molecule has 1 amide bonds.